The van der Waals surface area contributed by atoms with Crippen LogP contribution in [0.2, 0.25) is 0 Å². The molecule has 0 rings (SSSR count). The molecule has 0 aromatic carbocycles. The van der Waals surface area contributed by atoms with Crippen LogP contribution in [0.5, 0.6) is 0 Å². The second kappa shape index (κ2) is 5.75. The largest absolute Gasteiger partial charge is 0.392 e. The minimum atomic E-state index is -3.91. The molecule has 0 saturated carbocycles. The number of sulfone groups is 1. The summed E-state index contributed by atoms with van der Waals surface area (Å²) < 4.78 is 47.6. The Bertz CT molecular complexity index is 370. The highest BCUT2D eigenvalue weighted by molar-refractivity contribution is 7.92. The second-order valence-electron chi connectivity index (χ2n) is 3.17. The molecule has 1 atom stereocenters. The van der Waals surface area contributed by atoms with Crippen molar-refractivity contribution in [2.24, 2.45) is 0 Å². The Balaban J connectivity index is 3.99. The Morgan fingerprint density at radius 2 is 1.80 bits per heavy atom. The number of rotatable bonds is 7. The van der Waals surface area contributed by atoms with Gasteiger partial charge in [0.1, 0.15) is 9.84 Å². The summed E-state index contributed by atoms with van der Waals surface area (Å²) in [7, 11) is -7.25. The van der Waals surface area contributed by atoms with Gasteiger partial charge in [-0.2, -0.15) is 18.2 Å². The molecule has 9 heteroatoms. The van der Waals surface area contributed by atoms with Crippen LogP contribution in [0, 0.1) is 0 Å². The molecule has 0 spiro atoms. The molecule has 0 saturated heterocycles. The third-order valence-corrected chi connectivity index (χ3v) is 3.55. The van der Waals surface area contributed by atoms with Crippen molar-refractivity contribution in [3.8, 4) is 0 Å². The predicted molar refractivity (Wildman–Crippen MR) is 54.3 cm³/mol. The maximum atomic E-state index is 11.0. The molecule has 0 aromatic rings. The van der Waals surface area contributed by atoms with E-state index in [0.29, 0.717) is 0 Å². The molecule has 0 aliphatic rings. The van der Waals surface area contributed by atoms with Gasteiger partial charge in [-0.25, -0.2) is 8.42 Å². The zero-order chi connectivity index (χ0) is 12.1. The summed E-state index contributed by atoms with van der Waals surface area (Å²) in [6.45, 7) is 1.39. The standard InChI is InChI=1S/C6H15NO6S2/c1-6(8)5-7-13-15(11,12)4-3-14(2,9)10/h6-8H,3-5H2,1-2H3. The van der Waals surface area contributed by atoms with Crippen LogP contribution >= 0.6 is 0 Å². The van der Waals surface area contributed by atoms with Crippen LogP contribution in [0.4, 0.5) is 0 Å². The fraction of sp³-hybridized carbons (Fsp3) is 1.00. The van der Waals surface area contributed by atoms with E-state index in [1.54, 1.807) is 0 Å². The molecular formula is C6H15NO6S2. The quantitative estimate of drug-likeness (QED) is 0.524. The number of nitrogens with one attached hydrogen (secondary N) is 1. The first-order valence-corrected chi connectivity index (χ1v) is 7.76. The van der Waals surface area contributed by atoms with E-state index >= 15 is 0 Å². The summed E-state index contributed by atoms with van der Waals surface area (Å²) in [6, 6.07) is 0. The third-order valence-electron chi connectivity index (χ3n) is 1.27. The van der Waals surface area contributed by atoms with E-state index in [9.17, 15) is 16.8 Å². The molecule has 0 amide bonds. The highest BCUT2D eigenvalue weighted by Crippen LogP contribution is 1.93. The zero-order valence-electron chi connectivity index (χ0n) is 8.50. The zero-order valence-corrected chi connectivity index (χ0v) is 10.1. The fourth-order valence-electron chi connectivity index (χ4n) is 0.540. The molecule has 15 heavy (non-hydrogen) atoms. The van der Waals surface area contributed by atoms with Crippen molar-refractivity contribution in [3.05, 3.63) is 0 Å². The lowest BCUT2D eigenvalue weighted by Gasteiger charge is -2.07. The van der Waals surface area contributed by atoms with Crippen LogP contribution < -0.4 is 5.48 Å². The van der Waals surface area contributed by atoms with Gasteiger partial charge in [0, 0.05) is 12.8 Å². The molecule has 0 bridgehead atoms. The van der Waals surface area contributed by atoms with Gasteiger partial charge in [0.05, 0.1) is 17.6 Å². The molecule has 0 aromatic heterocycles. The maximum Gasteiger partial charge on any atom is 0.284 e. The van der Waals surface area contributed by atoms with Crippen LogP contribution in [0.3, 0.4) is 0 Å². The molecule has 7 nitrogen and oxygen atoms in total. The van der Waals surface area contributed by atoms with E-state index in [-0.39, 0.29) is 6.54 Å². The summed E-state index contributed by atoms with van der Waals surface area (Å²) in [6.07, 6.45) is 0.182. The van der Waals surface area contributed by atoms with Gasteiger partial charge in [-0.15, -0.1) is 0 Å². The number of aliphatic hydroxyl groups is 1. The lowest BCUT2D eigenvalue weighted by Crippen LogP contribution is -2.30. The Labute approximate surface area is 89.4 Å². The summed E-state index contributed by atoms with van der Waals surface area (Å²) in [5.74, 6) is -1.11. The number of hydrogen-bond donors (Lipinski definition) is 2. The maximum absolute atomic E-state index is 11.0. The minimum absolute atomic E-state index is 0.0574. The summed E-state index contributed by atoms with van der Waals surface area (Å²) in [5.41, 5.74) is 2.03. The molecule has 0 heterocycles. The van der Waals surface area contributed by atoms with Crippen LogP contribution in [-0.2, 0) is 24.2 Å². The topological polar surface area (TPSA) is 110 Å². The van der Waals surface area contributed by atoms with E-state index in [2.05, 4.69) is 4.28 Å². The van der Waals surface area contributed by atoms with Gasteiger partial charge < -0.3 is 5.11 Å². The number of hydrogen-bond acceptors (Lipinski definition) is 7. The molecule has 1 unspecified atom stereocenters. The average molecular weight is 261 g/mol. The lowest BCUT2D eigenvalue weighted by molar-refractivity contribution is 0.123. The first-order chi connectivity index (χ1) is 6.62. The van der Waals surface area contributed by atoms with E-state index < -0.39 is 37.6 Å². The highest BCUT2D eigenvalue weighted by Gasteiger charge is 2.15. The van der Waals surface area contributed by atoms with Gasteiger partial charge in [-0.3, -0.25) is 0 Å². The first-order valence-electron chi connectivity index (χ1n) is 4.12. The molecule has 0 fully saturated rings. The lowest BCUT2D eigenvalue weighted by atomic mass is 10.4. The van der Waals surface area contributed by atoms with Crippen molar-refractivity contribution in [2.75, 3.05) is 24.3 Å². The van der Waals surface area contributed by atoms with Gasteiger partial charge >= 0.3 is 0 Å². The van der Waals surface area contributed by atoms with Crippen molar-refractivity contribution < 1.29 is 26.2 Å². The molecule has 0 aliphatic carbocycles. The second-order valence-corrected chi connectivity index (χ2v) is 7.12. The van der Waals surface area contributed by atoms with Crippen LogP contribution in [0.1, 0.15) is 6.92 Å². The van der Waals surface area contributed by atoms with Crippen molar-refractivity contribution >= 4 is 20.0 Å². The van der Waals surface area contributed by atoms with E-state index in [1.165, 1.54) is 6.92 Å². The van der Waals surface area contributed by atoms with Crippen LogP contribution in [-0.4, -0.2) is 52.4 Å². The Morgan fingerprint density at radius 3 is 2.20 bits per heavy atom. The summed E-state index contributed by atoms with van der Waals surface area (Å²) in [5, 5.41) is 8.78. The van der Waals surface area contributed by atoms with Crippen molar-refractivity contribution in [1.82, 2.24) is 5.48 Å². The monoisotopic (exact) mass is 261 g/mol. The Morgan fingerprint density at radius 1 is 1.27 bits per heavy atom. The van der Waals surface area contributed by atoms with Gasteiger partial charge in [0.15, 0.2) is 0 Å². The van der Waals surface area contributed by atoms with E-state index in [4.69, 9.17) is 5.11 Å². The molecule has 0 radical (unpaired) electrons. The van der Waals surface area contributed by atoms with Gasteiger partial charge in [-0.05, 0) is 6.92 Å². The normalized spacial score (nSPS) is 15.1. The SMILES string of the molecule is CC(O)CNOS(=O)(=O)CCS(C)(=O)=O. The van der Waals surface area contributed by atoms with Crippen molar-refractivity contribution in [2.45, 2.75) is 13.0 Å². The highest BCUT2D eigenvalue weighted by atomic mass is 32.2. The minimum Gasteiger partial charge on any atom is -0.392 e. The number of aliphatic hydroxyl groups excluding tert-OH is 1. The van der Waals surface area contributed by atoms with Gasteiger partial charge in [0.2, 0.25) is 0 Å². The van der Waals surface area contributed by atoms with Crippen molar-refractivity contribution in [3.63, 3.8) is 0 Å². The molecule has 92 valence electrons. The van der Waals surface area contributed by atoms with E-state index in [0.717, 1.165) is 6.26 Å². The van der Waals surface area contributed by atoms with Gasteiger partial charge in [-0.1, -0.05) is 0 Å². The van der Waals surface area contributed by atoms with Crippen molar-refractivity contribution in [1.29, 1.82) is 0 Å². The third kappa shape index (κ3) is 10.1. The smallest absolute Gasteiger partial charge is 0.284 e. The van der Waals surface area contributed by atoms with Crippen LogP contribution in [0.25, 0.3) is 0 Å². The Kier molecular flexibility index (Phi) is 5.67. The first kappa shape index (κ1) is 14.8. The summed E-state index contributed by atoms with van der Waals surface area (Å²) in [4.78, 5) is 0. The fourth-order valence-corrected chi connectivity index (χ4v) is 2.90. The van der Waals surface area contributed by atoms with Gasteiger partial charge in [0.25, 0.3) is 10.1 Å². The average Bonchev–Trinajstić information content (AvgIpc) is 1.99. The molecule has 0 aliphatic heterocycles. The van der Waals surface area contributed by atoms with E-state index in [1.807, 2.05) is 5.48 Å². The Hall–Kier alpha value is -0.220. The van der Waals surface area contributed by atoms with Crippen LogP contribution in [0.15, 0.2) is 0 Å². The predicted octanol–water partition coefficient (Wildman–Crippen LogP) is -1.74. The number of hydroxylamine groups is 1. The molecular weight excluding hydrogens is 246 g/mol. The summed E-state index contributed by atoms with van der Waals surface area (Å²) >= 11 is 0. The molecule has 2 N–H and O–H groups in total.